The van der Waals surface area contributed by atoms with Gasteiger partial charge in [-0.25, -0.2) is 14.8 Å². The molecule has 0 amide bonds. The van der Waals surface area contributed by atoms with E-state index in [-0.39, 0.29) is 5.69 Å². The molecule has 1 N–H and O–H groups in total. The van der Waals surface area contributed by atoms with E-state index in [1.54, 1.807) is 22.9 Å². The highest BCUT2D eigenvalue weighted by Crippen LogP contribution is 2.16. The number of imidazole rings is 1. The predicted molar refractivity (Wildman–Crippen MR) is 55.2 cm³/mol. The third-order valence-electron chi connectivity index (χ3n) is 2.31. The Morgan fingerprint density at radius 1 is 1.44 bits per heavy atom. The van der Waals surface area contributed by atoms with Crippen LogP contribution in [0.15, 0.2) is 31.0 Å². The quantitative estimate of drug-likeness (QED) is 0.653. The maximum absolute atomic E-state index is 10.8. The van der Waals surface area contributed by atoms with E-state index in [1.807, 2.05) is 0 Å². The topological polar surface area (TPSA) is 80.4 Å². The Morgan fingerprint density at radius 3 is 3.12 bits per heavy atom. The number of pyridine rings is 1. The number of hydrogen-bond acceptors (Lipinski definition) is 4. The summed E-state index contributed by atoms with van der Waals surface area (Å²) in [6.07, 6.45) is 6.20. The lowest BCUT2D eigenvalue weighted by atomic mass is 10.3. The Balaban J connectivity index is 2.46. The van der Waals surface area contributed by atoms with Crippen LogP contribution in [-0.2, 0) is 0 Å². The molecule has 6 nitrogen and oxygen atoms in total. The molecule has 0 saturated heterocycles. The first kappa shape index (κ1) is 8.78. The number of carboxylic acids is 1. The highest BCUT2D eigenvalue weighted by atomic mass is 16.4. The van der Waals surface area contributed by atoms with Crippen molar-refractivity contribution in [2.24, 2.45) is 0 Å². The van der Waals surface area contributed by atoms with Gasteiger partial charge in [0.2, 0.25) is 0 Å². The minimum absolute atomic E-state index is 0.00566. The van der Waals surface area contributed by atoms with Crippen molar-refractivity contribution in [2.45, 2.75) is 0 Å². The van der Waals surface area contributed by atoms with Crippen LogP contribution < -0.4 is 0 Å². The van der Waals surface area contributed by atoms with Crippen LogP contribution in [0, 0.1) is 0 Å². The van der Waals surface area contributed by atoms with Crippen LogP contribution in [0.1, 0.15) is 10.5 Å². The van der Waals surface area contributed by atoms with Gasteiger partial charge in [-0.2, -0.15) is 0 Å². The molecule has 0 radical (unpaired) electrons. The Morgan fingerprint density at radius 2 is 2.31 bits per heavy atom. The number of fused-ring (bicyclic) bond motifs is 3. The van der Waals surface area contributed by atoms with E-state index in [4.69, 9.17) is 5.11 Å². The molecule has 0 aromatic carbocycles. The van der Waals surface area contributed by atoms with Gasteiger partial charge in [-0.1, -0.05) is 0 Å². The molecule has 3 rings (SSSR count). The number of nitrogens with zero attached hydrogens (tertiary/aromatic N) is 4. The first-order chi connectivity index (χ1) is 7.75. The molecule has 0 unspecified atom stereocenters. The van der Waals surface area contributed by atoms with Gasteiger partial charge in [-0.05, 0) is 6.07 Å². The number of aromatic nitrogens is 4. The van der Waals surface area contributed by atoms with Gasteiger partial charge in [-0.3, -0.25) is 9.38 Å². The molecular weight excluding hydrogens is 208 g/mol. The number of rotatable bonds is 1. The highest BCUT2D eigenvalue weighted by molar-refractivity contribution is 5.93. The zero-order chi connectivity index (χ0) is 11.1. The van der Waals surface area contributed by atoms with Crippen molar-refractivity contribution in [3.05, 3.63) is 36.7 Å². The van der Waals surface area contributed by atoms with Gasteiger partial charge in [0.1, 0.15) is 12.0 Å². The van der Waals surface area contributed by atoms with Crippen molar-refractivity contribution >= 4 is 22.5 Å². The molecule has 16 heavy (non-hydrogen) atoms. The zero-order valence-electron chi connectivity index (χ0n) is 8.03. The maximum atomic E-state index is 10.8. The van der Waals surface area contributed by atoms with Crippen LogP contribution in [0.2, 0.25) is 0 Å². The second-order valence-corrected chi connectivity index (χ2v) is 3.30. The van der Waals surface area contributed by atoms with E-state index in [1.165, 1.54) is 12.5 Å². The van der Waals surface area contributed by atoms with E-state index in [0.29, 0.717) is 11.2 Å². The second kappa shape index (κ2) is 2.99. The minimum atomic E-state index is -1.05. The molecule has 3 heterocycles. The van der Waals surface area contributed by atoms with E-state index in [2.05, 4.69) is 15.0 Å². The lowest BCUT2D eigenvalue weighted by Gasteiger charge is -1.97. The molecule has 0 aliphatic rings. The van der Waals surface area contributed by atoms with Gasteiger partial charge in [0, 0.05) is 17.8 Å². The predicted octanol–water partition coefficient (Wildman–Crippen LogP) is 0.976. The zero-order valence-corrected chi connectivity index (χ0v) is 8.03. The number of hydrogen-bond donors (Lipinski definition) is 1. The summed E-state index contributed by atoms with van der Waals surface area (Å²) >= 11 is 0. The molecule has 3 aromatic rings. The van der Waals surface area contributed by atoms with Crippen LogP contribution in [0.3, 0.4) is 0 Å². The van der Waals surface area contributed by atoms with Crippen molar-refractivity contribution in [3.8, 4) is 0 Å². The van der Waals surface area contributed by atoms with Crippen LogP contribution in [-0.4, -0.2) is 30.4 Å². The van der Waals surface area contributed by atoms with Gasteiger partial charge in [0.15, 0.2) is 5.69 Å². The monoisotopic (exact) mass is 214 g/mol. The van der Waals surface area contributed by atoms with Crippen molar-refractivity contribution < 1.29 is 9.90 Å². The summed E-state index contributed by atoms with van der Waals surface area (Å²) in [6, 6.07) is 1.76. The Hall–Kier alpha value is -2.50. The standard InChI is InChI=1S/C10H6N4O2/c15-10(16)8-4-14-5-12-7-3-11-2-1-6(7)9(14)13-8/h1-5H,(H,15,16). The maximum Gasteiger partial charge on any atom is 0.356 e. The number of carbonyl (C=O) groups is 1. The molecular formula is C10H6N4O2. The fourth-order valence-electron chi connectivity index (χ4n) is 1.59. The Bertz CT molecular complexity index is 704. The van der Waals surface area contributed by atoms with Crippen LogP contribution in [0.5, 0.6) is 0 Å². The normalized spacial score (nSPS) is 11.0. The number of carboxylic acid groups (broad SMARTS) is 1. The summed E-state index contributed by atoms with van der Waals surface area (Å²) in [6.45, 7) is 0. The summed E-state index contributed by atoms with van der Waals surface area (Å²) in [5.41, 5.74) is 1.27. The summed E-state index contributed by atoms with van der Waals surface area (Å²) < 4.78 is 1.59. The fraction of sp³-hybridized carbons (Fsp3) is 0. The molecule has 0 atom stereocenters. The molecule has 0 fully saturated rings. The molecule has 0 saturated carbocycles. The average molecular weight is 214 g/mol. The van der Waals surface area contributed by atoms with Crippen LogP contribution in [0.4, 0.5) is 0 Å². The lowest BCUT2D eigenvalue weighted by molar-refractivity contribution is 0.0691. The summed E-state index contributed by atoms with van der Waals surface area (Å²) in [5.74, 6) is -1.05. The lowest BCUT2D eigenvalue weighted by Crippen LogP contribution is -1.94. The third kappa shape index (κ3) is 1.13. The Kier molecular flexibility index (Phi) is 1.64. The van der Waals surface area contributed by atoms with E-state index in [9.17, 15) is 4.79 Å². The van der Waals surface area contributed by atoms with Crippen molar-refractivity contribution in [3.63, 3.8) is 0 Å². The highest BCUT2D eigenvalue weighted by Gasteiger charge is 2.10. The van der Waals surface area contributed by atoms with Crippen molar-refractivity contribution in [1.29, 1.82) is 0 Å². The fourth-order valence-corrected chi connectivity index (χ4v) is 1.59. The van der Waals surface area contributed by atoms with Gasteiger partial charge >= 0.3 is 5.97 Å². The molecule has 0 aliphatic carbocycles. The molecule has 3 aromatic heterocycles. The summed E-state index contributed by atoms with van der Waals surface area (Å²) in [7, 11) is 0. The van der Waals surface area contributed by atoms with Gasteiger partial charge in [0.25, 0.3) is 0 Å². The average Bonchev–Trinajstić information content (AvgIpc) is 2.73. The smallest absolute Gasteiger partial charge is 0.356 e. The number of aromatic carboxylic acids is 1. The Labute approximate surface area is 89.2 Å². The van der Waals surface area contributed by atoms with E-state index >= 15 is 0 Å². The minimum Gasteiger partial charge on any atom is -0.476 e. The second-order valence-electron chi connectivity index (χ2n) is 3.30. The van der Waals surface area contributed by atoms with E-state index < -0.39 is 5.97 Å². The molecule has 78 valence electrons. The summed E-state index contributed by atoms with van der Waals surface area (Å²) in [5, 5.41) is 9.63. The van der Waals surface area contributed by atoms with Gasteiger partial charge in [0.05, 0.1) is 11.7 Å². The summed E-state index contributed by atoms with van der Waals surface area (Å²) in [4.78, 5) is 22.9. The van der Waals surface area contributed by atoms with Crippen molar-refractivity contribution in [2.75, 3.05) is 0 Å². The van der Waals surface area contributed by atoms with Gasteiger partial charge in [-0.15, -0.1) is 0 Å². The molecule has 0 spiro atoms. The first-order valence-electron chi connectivity index (χ1n) is 4.56. The van der Waals surface area contributed by atoms with E-state index in [0.717, 1.165) is 5.39 Å². The SMILES string of the molecule is O=C(O)c1cn2cnc3cnccc3c2n1. The molecule has 0 bridgehead atoms. The third-order valence-corrected chi connectivity index (χ3v) is 2.31. The first-order valence-corrected chi connectivity index (χ1v) is 4.56. The van der Waals surface area contributed by atoms with Crippen LogP contribution >= 0.6 is 0 Å². The van der Waals surface area contributed by atoms with Gasteiger partial charge < -0.3 is 5.11 Å². The molecule has 6 heteroatoms. The van der Waals surface area contributed by atoms with Crippen LogP contribution in [0.25, 0.3) is 16.6 Å². The molecule has 0 aliphatic heterocycles. The largest absolute Gasteiger partial charge is 0.476 e. The van der Waals surface area contributed by atoms with Crippen molar-refractivity contribution in [1.82, 2.24) is 19.4 Å².